The van der Waals surface area contributed by atoms with Gasteiger partial charge in [0.05, 0.1) is 45.9 Å². The van der Waals surface area contributed by atoms with Crippen molar-refractivity contribution in [1.82, 2.24) is 25.3 Å². The number of hydrogen-bond donors (Lipinski definition) is 6. The second-order valence-electron chi connectivity index (χ2n) is 16.3. The van der Waals surface area contributed by atoms with Crippen molar-refractivity contribution in [2.75, 3.05) is 0 Å². The number of amides is 1. The summed E-state index contributed by atoms with van der Waals surface area (Å²) in [5.41, 5.74) is 18.7. The predicted octanol–water partition coefficient (Wildman–Crippen LogP) is 8.98. The first-order valence-corrected chi connectivity index (χ1v) is 21.2. The van der Waals surface area contributed by atoms with Gasteiger partial charge in [0, 0.05) is 46.9 Å². The van der Waals surface area contributed by atoms with Gasteiger partial charge in [-0.05, 0) is 110 Å². The van der Waals surface area contributed by atoms with Crippen LogP contribution in [0.1, 0.15) is 99.6 Å². The number of rotatable bonds is 16. The Morgan fingerprint density at radius 2 is 1.31 bits per heavy atom. The van der Waals surface area contributed by atoms with E-state index in [0.29, 0.717) is 61.6 Å². The molecule has 1 amide bonds. The summed E-state index contributed by atoms with van der Waals surface area (Å²) in [6.07, 6.45) is 3.98. The van der Waals surface area contributed by atoms with Crippen LogP contribution in [0.4, 0.5) is 0 Å². The number of carbonyl (C=O) groups excluding carboxylic acids is 2. The van der Waals surface area contributed by atoms with Crippen LogP contribution < -0.4 is 11.1 Å². The molecule has 12 nitrogen and oxygen atoms in total. The molecular weight excluding hydrogens is 805 g/mol. The van der Waals surface area contributed by atoms with Gasteiger partial charge < -0.3 is 31.2 Å². The third-order valence-electron chi connectivity index (χ3n) is 12.2. The number of carboxylic acids is 2. The highest BCUT2D eigenvalue weighted by Gasteiger charge is 2.32. The average Bonchev–Trinajstić information content (AvgIpc) is 3.95. The lowest BCUT2D eigenvalue weighted by Crippen LogP contribution is -2.50. The molecule has 5 aromatic rings. The molecule has 8 bridgehead atoms. The van der Waals surface area contributed by atoms with Gasteiger partial charge in [-0.2, -0.15) is 0 Å². The van der Waals surface area contributed by atoms with Crippen LogP contribution in [0.15, 0.2) is 98.1 Å². The van der Waals surface area contributed by atoms with E-state index in [1.807, 2.05) is 107 Å². The zero-order chi connectivity index (χ0) is 45.8. The SMILES string of the molecule is C=CC1=C(C)c2nc1cc1[nH]c(cc3nc(cc4[nH]c(c(C=C)c4C)c2C(=O)[C@H](Cc2ccccc2)NC(=O)[C@@H](N)Cc2ccccc2)C(C)=C3CCC(=O)O)c(CCC(=O)O)c1C. The van der Waals surface area contributed by atoms with Crippen LogP contribution in [-0.4, -0.2) is 65.9 Å². The summed E-state index contributed by atoms with van der Waals surface area (Å²) >= 11 is 0. The van der Waals surface area contributed by atoms with Gasteiger partial charge in [-0.25, -0.2) is 9.97 Å². The molecule has 7 rings (SSSR count). The van der Waals surface area contributed by atoms with E-state index in [2.05, 4.69) is 28.4 Å². The Labute approximate surface area is 371 Å². The Bertz CT molecular complexity index is 2960. The average molecular weight is 857 g/mol. The summed E-state index contributed by atoms with van der Waals surface area (Å²) in [6.45, 7) is 15.9. The van der Waals surface area contributed by atoms with Gasteiger partial charge in [0.2, 0.25) is 5.91 Å². The van der Waals surface area contributed by atoms with Crippen molar-refractivity contribution in [3.8, 4) is 0 Å². The molecule has 0 unspecified atom stereocenters. The Kier molecular flexibility index (Phi) is 13.2. The maximum absolute atomic E-state index is 15.7. The van der Waals surface area contributed by atoms with Gasteiger partial charge in [0.15, 0.2) is 5.78 Å². The van der Waals surface area contributed by atoms with Crippen molar-refractivity contribution in [3.63, 3.8) is 0 Å². The predicted molar refractivity (Wildman–Crippen MR) is 253 cm³/mol. The molecule has 326 valence electrons. The number of fused-ring (bicyclic) bond motifs is 8. The molecule has 0 saturated carbocycles. The number of benzene rings is 2. The molecule has 0 radical (unpaired) electrons. The summed E-state index contributed by atoms with van der Waals surface area (Å²) in [5, 5.41) is 22.5. The van der Waals surface area contributed by atoms with Crippen molar-refractivity contribution in [3.05, 3.63) is 160 Å². The monoisotopic (exact) mass is 856 g/mol. The first kappa shape index (κ1) is 44.6. The maximum atomic E-state index is 15.7. The van der Waals surface area contributed by atoms with E-state index in [4.69, 9.17) is 15.7 Å². The number of aromatic amines is 2. The summed E-state index contributed by atoms with van der Waals surface area (Å²) in [4.78, 5) is 70.8. The molecule has 2 atom stereocenters. The van der Waals surface area contributed by atoms with Gasteiger partial charge in [0.25, 0.3) is 0 Å². The highest BCUT2D eigenvalue weighted by Crippen LogP contribution is 2.38. The fourth-order valence-corrected chi connectivity index (χ4v) is 8.60. The van der Waals surface area contributed by atoms with E-state index >= 15 is 4.79 Å². The fourth-order valence-electron chi connectivity index (χ4n) is 8.60. The number of aliphatic carboxylic acids is 2. The van der Waals surface area contributed by atoms with Gasteiger partial charge in [0.1, 0.15) is 0 Å². The highest BCUT2D eigenvalue weighted by atomic mass is 16.4. The molecule has 64 heavy (non-hydrogen) atoms. The largest absolute Gasteiger partial charge is 0.481 e. The smallest absolute Gasteiger partial charge is 0.303 e. The van der Waals surface area contributed by atoms with Gasteiger partial charge in [-0.1, -0.05) is 86.0 Å². The molecule has 7 N–H and O–H groups in total. The third-order valence-corrected chi connectivity index (χ3v) is 12.2. The summed E-state index contributed by atoms with van der Waals surface area (Å²) in [6, 6.07) is 22.5. The first-order valence-electron chi connectivity index (χ1n) is 21.2. The lowest BCUT2D eigenvalue weighted by atomic mass is 9.92. The molecule has 0 saturated heterocycles. The Hall–Kier alpha value is -7.44. The minimum atomic E-state index is -1.08. The maximum Gasteiger partial charge on any atom is 0.303 e. The third kappa shape index (κ3) is 9.18. The number of carbonyl (C=O) groups is 4. The van der Waals surface area contributed by atoms with Crippen LogP contribution >= 0.6 is 0 Å². The number of ketones is 1. The van der Waals surface area contributed by atoms with Crippen molar-refractivity contribution in [2.24, 2.45) is 5.73 Å². The van der Waals surface area contributed by atoms with Crippen LogP contribution in [0, 0.1) is 13.8 Å². The van der Waals surface area contributed by atoms with Crippen LogP contribution in [0.3, 0.4) is 0 Å². The van der Waals surface area contributed by atoms with Gasteiger partial charge in [-0.3, -0.25) is 19.2 Å². The number of allylic oxidation sites excluding steroid dienone is 5. The molecule has 3 aromatic heterocycles. The Balaban J connectivity index is 1.55. The van der Waals surface area contributed by atoms with E-state index in [1.165, 1.54) is 0 Å². The van der Waals surface area contributed by atoms with E-state index in [0.717, 1.165) is 39.0 Å². The molecule has 12 heteroatoms. The summed E-state index contributed by atoms with van der Waals surface area (Å²) < 4.78 is 0. The fraction of sp³-hybridized carbons (Fsp3) is 0.231. The lowest BCUT2D eigenvalue weighted by Gasteiger charge is -2.21. The van der Waals surface area contributed by atoms with Crippen molar-refractivity contribution in [2.45, 2.75) is 78.3 Å². The van der Waals surface area contributed by atoms with Crippen LogP contribution in [-0.2, 0) is 33.6 Å². The second kappa shape index (κ2) is 18.9. The quantitative estimate of drug-likeness (QED) is 0.0524. The standard InChI is InChI=1S/C52H52N6O6/c1-7-34-31(6)49-48(51(63)45(24-33-17-13-10-14-18-33)58-52(64)38(53)23-32-15-11-9-12-16-32)50-35(8-2)28(3)41(56-50)25-39-29(4)36(19-21-46(59)60)43(54-39)27-44-37(20-22-47(61)62)30(5)40(55-44)26-42(34)57-49/h7-18,25-27,38,45,55-56H,1-2,19-24,53H2,3-6H3,(H,58,64)(H,59,60)(H,61,62)/t38-,45-/m0/s1. The van der Waals surface area contributed by atoms with Gasteiger partial charge in [-0.15, -0.1) is 0 Å². The second-order valence-corrected chi connectivity index (χ2v) is 16.3. The molecule has 0 fully saturated rings. The van der Waals surface area contributed by atoms with Crippen molar-refractivity contribution < 1.29 is 29.4 Å². The molecular formula is C52H52N6O6. The highest BCUT2D eigenvalue weighted by molar-refractivity contribution is 6.14. The summed E-state index contributed by atoms with van der Waals surface area (Å²) in [7, 11) is 0. The normalized spacial score (nSPS) is 13.4. The van der Waals surface area contributed by atoms with E-state index in [1.54, 1.807) is 12.2 Å². The van der Waals surface area contributed by atoms with Crippen LogP contribution in [0.25, 0.3) is 50.4 Å². The van der Waals surface area contributed by atoms with Crippen LogP contribution in [0.5, 0.6) is 0 Å². The lowest BCUT2D eigenvalue weighted by molar-refractivity contribution is -0.137. The molecule has 5 heterocycles. The number of carboxylic acid groups (broad SMARTS) is 2. The molecule has 2 aliphatic rings. The van der Waals surface area contributed by atoms with E-state index in [9.17, 15) is 24.6 Å². The molecule has 2 aliphatic heterocycles. The zero-order valence-electron chi connectivity index (χ0n) is 36.5. The number of nitrogens with two attached hydrogens (primary N) is 1. The Morgan fingerprint density at radius 1 is 0.719 bits per heavy atom. The van der Waals surface area contributed by atoms with Crippen molar-refractivity contribution in [1.29, 1.82) is 0 Å². The summed E-state index contributed by atoms with van der Waals surface area (Å²) in [5.74, 6) is -2.79. The molecule has 0 aliphatic carbocycles. The van der Waals surface area contributed by atoms with Crippen molar-refractivity contribution >= 4 is 74.1 Å². The minimum Gasteiger partial charge on any atom is -0.481 e. The first-order chi connectivity index (χ1) is 30.7. The van der Waals surface area contributed by atoms with E-state index in [-0.39, 0.29) is 44.1 Å². The molecule has 0 spiro atoms. The number of H-pyrrole nitrogens is 2. The van der Waals surface area contributed by atoms with Gasteiger partial charge >= 0.3 is 11.9 Å². The number of hydrogen-bond acceptors (Lipinski definition) is 7. The number of nitrogens with zero attached hydrogens (tertiary/aromatic N) is 2. The number of nitrogens with one attached hydrogen (secondary N) is 3. The topological polar surface area (TPSA) is 204 Å². The minimum absolute atomic E-state index is 0.120. The number of aromatic nitrogens is 4. The number of aryl methyl sites for hydroxylation is 3. The van der Waals surface area contributed by atoms with Crippen LogP contribution in [0.2, 0.25) is 0 Å². The zero-order valence-corrected chi connectivity index (χ0v) is 36.5. The van der Waals surface area contributed by atoms with E-state index < -0.39 is 35.7 Å². The Morgan fingerprint density at radius 3 is 1.94 bits per heavy atom. The number of Topliss-reactive ketones (excluding diaryl/α,β-unsaturated/α-hetero) is 1. The molecule has 2 aromatic carbocycles.